The first-order chi connectivity index (χ1) is 33.6. The van der Waals surface area contributed by atoms with Gasteiger partial charge >= 0.3 is 12.4 Å². The summed E-state index contributed by atoms with van der Waals surface area (Å²) in [5.74, 6) is 0.126. The van der Waals surface area contributed by atoms with Crippen LogP contribution in [-0.4, -0.2) is 12.4 Å². The Bertz CT molecular complexity index is 1050. The van der Waals surface area contributed by atoms with E-state index in [-0.39, 0.29) is 40.9 Å². The summed E-state index contributed by atoms with van der Waals surface area (Å²) in [5, 5.41) is 0. The van der Waals surface area contributed by atoms with Crippen molar-refractivity contribution in [3.63, 3.8) is 0 Å². The van der Waals surface area contributed by atoms with Crippen LogP contribution in [0.4, 0.5) is 26.3 Å². The fourth-order valence-electron chi connectivity index (χ4n) is 3.21. The Morgan fingerprint density at radius 1 is 0.500 bits per heavy atom. The first kappa shape index (κ1) is 69.7. The highest BCUT2D eigenvalue weighted by molar-refractivity contribution is 4.61. The van der Waals surface area contributed by atoms with Crippen molar-refractivity contribution in [2.45, 2.75) is 355 Å². The Balaban J connectivity index is -0.0000000691. The number of hydrogen-bond donors (Lipinski definition) is 0. The van der Waals surface area contributed by atoms with E-state index in [2.05, 4.69) is 76.2 Å². The number of hydrogen-bond acceptors (Lipinski definition) is 0. The van der Waals surface area contributed by atoms with E-state index in [9.17, 15) is 26.3 Å². The van der Waals surface area contributed by atoms with E-state index < -0.39 is 44.3 Å². The third-order valence-electron chi connectivity index (χ3n) is 7.90. The topological polar surface area (TPSA) is 0 Å². The van der Waals surface area contributed by atoms with E-state index in [1.807, 2.05) is 90.0 Å². The summed E-state index contributed by atoms with van der Waals surface area (Å²) in [5.41, 5.74) is 0.271. The molecule has 0 aromatic heterocycles. The molecule has 0 spiro atoms. The first-order valence-electron chi connectivity index (χ1n) is 31.8. The number of alkyl halides is 6. The van der Waals surface area contributed by atoms with E-state index in [0.717, 1.165) is 31.6 Å². The van der Waals surface area contributed by atoms with Gasteiger partial charge in [0.2, 0.25) is 0 Å². The second-order valence-electron chi connectivity index (χ2n) is 21.9. The summed E-state index contributed by atoms with van der Waals surface area (Å²) in [6.45, 7) is 60.3. The average Bonchev–Trinajstić information content (AvgIpc) is 3.59. The van der Waals surface area contributed by atoms with Gasteiger partial charge in [-0.25, -0.2) is 0 Å². The summed E-state index contributed by atoms with van der Waals surface area (Å²) >= 11 is 0. The number of unbranched alkanes of at least 4 members (excludes halogenated alkanes) is 1. The predicted molar refractivity (Wildman–Crippen MR) is 310 cm³/mol. The van der Waals surface area contributed by atoms with Gasteiger partial charge in [0.15, 0.2) is 0 Å². The predicted octanol–water partition coefficient (Wildman–Crippen LogP) is 26.7. The molecule has 0 aliphatic heterocycles. The molecule has 2 aliphatic carbocycles. The third-order valence-corrected chi connectivity index (χ3v) is 7.90. The van der Waals surface area contributed by atoms with Gasteiger partial charge in [-0.05, 0) is 52.2 Å². The number of halogens is 6. The second kappa shape index (κ2) is 68.7. The Morgan fingerprint density at radius 3 is 0.735 bits per heavy atom. The molecule has 0 nitrogen and oxygen atoms in total. The van der Waals surface area contributed by atoms with Crippen LogP contribution in [0.1, 0.15) is 355 Å². The molecule has 2 unspecified atom stereocenters. The van der Waals surface area contributed by atoms with Crippen LogP contribution in [0.2, 0.25) is 0 Å². The van der Waals surface area contributed by atoms with Gasteiger partial charge in [0.05, 0.1) is 0 Å². The van der Waals surface area contributed by atoms with Gasteiger partial charge in [-0.15, -0.1) is 0 Å². The maximum absolute atomic E-state index is 11.5. The monoisotopic (exact) mass is 1010 g/mol. The van der Waals surface area contributed by atoms with E-state index in [1.54, 1.807) is 48.5 Å². The van der Waals surface area contributed by atoms with Crippen LogP contribution in [0.5, 0.6) is 0 Å². The molecule has 2 atom stereocenters. The molecule has 0 bridgehead atoms. The molecule has 2 rings (SSSR count). The molecule has 2 aliphatic rings. The molecule has 0 aromatic rings. The summed E-state index contributed by atoms with van der Waals surface area (Å²) in [6.07, 6.45) is 4.35. The van der Waals surface area contributed by atoms with Gasteiger partial charge < -0.3 is 0 Å². The molecule has 2 fully saturated rings. The summed E-state index contributed by atoms with van der Waals surface area (Å²) in [4.78, 5) is 0. The van der Waals surface area contributed by atoms with Gasteiger partial charge in [0, 0.05) is 25.2 Å². The molecule has 0 N–H and O–H groups in total. The van der Waals surface area contributed by atoms with Gasteiger partial charge in [0.1, 0.15) is 0 Å². The van der Waals surface area contributed by atoms with Gasteiger partial charge in [0.25, 0.3) is 0 Å². The van der Waals surface area contributed by atoms with E-state index >= 15 is 0 Å². The summed E-state index contributed by atoms with van der Waals surface area (Å²) < 4.78 is 133. The van der Waals surface area contributed by atoms with Crippen molar-refractivity contribution in [1.82, 2.24) is 0 Å². The molecule has 430 valence electrons. The highest BCUT2D eigenvalue weighted by Crippen LogP contribution is 2.27. The van der Waals surface area contributed by atoms with Crippen LogP contribution < -0.4 is 0 Å². The number of rotatable bonds is 7. The molecule has 0 aromatic carbocycles. The second-order valence-corrected chi connectivity index (χ2v) is 21.9. The molecule has 6 heteroatoms. The zero-order valence-corrected chi connectivity index (χ0v) is 52.6. The lowest BCUT2D eigenvalue weighted by atomic mass is 9.91. The van der Waals surface area contributed by atoms with Crippen LogP contribution in [0.15, 0.2) is 0 Å². The van der Waals surface area contributed by atoms with Crippen LogP contribution >= 0.6 is 0 Å². The Hall–Kier alpha value is -0.420. The van der Waals surface area contributed by atoms with Crippen molar-refractivity contribution < 1.29 is 38.7 Å². The third kappa shape index (κ3) is 216. The van der Waals surface area contributed by atoms with Gasteiger partial charge in [-0.3, -0.25) is 0 Å². The van der Waals surface area contributed by atoms with Gasteiger partial charge in [-0.1, -0.05) is 330 Å². The Morgan fingerprint density at radius 2 is 0.676 bits per heavy atom. The van der Waals surface area contributed by atoms with Crippen molar-refractivity contribution >= 4 is 0 Å². The minimum absolute atomic E-state index is 0.0556. The molecule has 0 radical (unpaired) electrons. The maximum Gasteiger partial charge on any atom is 0.389 e. The molecular weight excluding hydrogens is 859 g/mol. The zero-order chi connectivity index (χ0) is 65.3. The lowest BCUT2D eigenvalue weighted by Crippen LogP contribution is -2.12. The van der Waals surface area contributed by atoms with Crippen molar-refractivity contribution in [2.24, 2.45) is 52.2 Å². The minimum Gasteiger partial charge on any atom is -0.171 e. The highest BCUT2D eigenvalue weighted by Gasteiger charge is 2.29. The van der Waals surface area contributed by atoms with Crippen LogP contribution in [0, 0.1) is 52.2 Å². The molecule has 0 amide bonds. The fourth-order valence-corrected chi connectivity index (χ4v) is 3.21. The Kier molecular flexibility index (Phi) is 70.3. The molecule has 68 heavy (non-hydrogen) atoms. The van der Waals surface area contributed by atoms with Crippen molar-refractivity contribution in [2.75, 3.05) is 0 Å². The van der Waals surface area contributed by atoms with Crippen molar-refractivity contribution in [1.29, 1.82) is 0 Å². The quantitative estimate of drug-likeness (QED) is 0.223. The summed E-state index contributed by atoms with van der Waals surface area (Å²) in [6, 6.07) is 0. The van der Waals surface area contributed by atoms with E-state index in [1.165, 1.54) is 51.4 Å². The maximum atomic E-state index is 11.5. The molecule has 2 saturated carbocycles. The van der Waals surface area contributed by atoms with E-state index in [4.69, 9.17) is 12.3 Å². The zero-order valence-electron chi connectivity index (χ0n) is 61.6. The van der Waals surface area contributed by atoms with Crippen LogP contribution in [0.3, 0.4) is 0 Å². The smallest absolute Gasteiger partial charge is 0.171 e. The fraction of sp³-hybridized carbons (Fsp3) is 1.00. The molecule has 0 saturated heterocycles. The van der Waals surface area contributed by atoms with Crippen molar-refractivity contribution in [3.05, 3.63) is 0 Å². The van der Waals surface area contributed by atoms with Crippen molar-refractivity contribution in [3.8, 4) is 0 Å². The lowest BCUT2D eigenvalue weighted by molar-refractivity contribution is -0.144. The average molecular weight is 1010 g/mol. The lowest BCUT2D eigenvalue weighted by Gasteiger charge is -2.15. The molecular formula is C62H140F6. The highest BCUT2D eigenvalue weighted by atomic mass is 19.4. The van der Waals surface area contributed by atoms with Crippen LogP contribution in [-0.2, 0) is 0 Å². The normalized spacial score (nSPS) is 17.6. The standard InChI is InChI=1S/C7H14.2C6H11F3.C6H12.C6H14.2C5H12.4C4H10.C3H8.C2H6/c1-7-5-3-2-4-6-7;2*1-3-5(2)4-6(7,8)9;1-6-4-2-3-5-6;1-5-6(2,3)4;1-5(2,3)4;1-4-5(2)3;2*1-4(2)3;2*1-3-4-2;1-3-2;1-2/h7H,2-6H2,1H3;2*5H,3-4H2,1-2H3;6H,2-5H2,1H3;5H2,1-4H3;1-4H3;5H,4H2,1-3H3;2*4H,1-3H3;2*3-4H2,1-2H3;3H2,1-2H3;1-2H3/i7D;;;6D;5D2;;4D2;4D;;3D2;;;. The minimum atomic E-state index is -3.98. The Labute approximate surface area is 445 Å². The molecule has 0 heterocycles. The van der Waals surface area contributed by atoms with Gasteiger partial charge in [-0.2, -0.15) is 26.3 Å². The largest absolute Gasteiger partial charge is 0.389 e. The summed E-state index contributed by atoms with van der Waals surface area (Å²) in [7, 11) is 0. The van der Waals surface area contributed by atoms with Crippen LogP contribution in [0.25, 0.3) is 0 Å². The SMILES string of the molecule is CC.CC(C)(C)C.CC(C)C.CCC.CCC(C)CC(F)(F)F.CCC(C)CC(F)(F)F.CCCC.[2H]C(C)(C)C.[2H]C([2H])(C)C(C)(C)C.[2H]C([2H])(C)C(C)C.[2H]C([2H])(C)CC.[2H]C1(C)CCCC1.[2H]C1(C)CCCCC1. The first-order valence-corrected chi connectivity index (χ1v) is 27.3. The van der Waals surface area contributed by atoms with E-state index in [0.29, 0.717) is 24.7 Å².